The Morgan fingerprint density at radius 2 is 1.94 bits per heavy atom. The van der Waals surface area contributed by atoms with Crippen LogP contribution in [0.1, 0.15) is 4.88 Å². The van der Waals surface area contributed by atoms with Crippen LogP contribution in [0, 0.1) is 0 Å². The van der Waals surface area contributed by atoms with Gasteiger partial charge in [0.25, 0.3) is 0 Å². The van der Waals surface area contributed by atoms with E-state index in [1.54, 1.807) is 18.4 Å². The highest BCUT2D eigenvalue weighted by molar-refractivity contribution is 9.28. The number of methoxy groups -OCH3 is 1. The van der Waals surface area contributed by atoms with E-state index in [4.69, 9.17) is 4.74 Å². The first-order valence-electron chi connectivity index (χ1n) is 4.96. The van der Waals surface area contributed by atoms with Crippen molar-refractivity contribution in [2.45, 2.75) is 0 Å². The van der Waals surface area contributed by atoms with Gasteiger partial charge in [0.2, 0.25) is 0 Å². The molecule has 4 heteroatoms. The van der Waals surface area contributed by atoms with Crippen molar-refractivity contribution < 1.29 is 4.74 Å². The molecule has 0 atom stereocenters. The van der Waals surface area contributed by atoms with E-state index in [1.807, 2.05) is 24.3 Å². The lowest BCUT2D eigenvalue weighted by Gasteiger charge is -2.05. The molecule has 1 nitrogen and oxygen atoms in total. The molecule has 0 fully saturated rings. The Bertz CT molecular complexity index is 542. The lowest BCUT2D eigenvalue weighted by molar-refractivity contribution is 0.416. The Kier molecular flexibility index (Phi) is 4.42. The average molecular weight is 374 g/mol. The van der Waals surface area contributed by atoms with E-state index in [2.05, 4.69) is 50.1 Å². The van der Waals surface area contributed by atoms with Gasteiger partial charge in [0.05, 0.1) is 10.5 Å². The summed E-state index contributed by atoms with van der Waals surface area (Å²) in [5.74, 6) is 0.905. The smallest absolute Gasteiger partial charge is 0.127 e. The fourth-order valence-electron chi connectivity index (χ4n) is 1.53. The van der Waals surface area contributed by atoms with E-state index in [0.29, 0.717) is 0 Å². The van der Waals surface area contributed by atoms with E-state index in [1.165, 1.54) is 9.75 Å². The van der Waals surface area contributed by atoms with Gasteiger partial charge in [-0.25, -0.2) is 0 Å². The van der Waals surface area contributed by atoms with Gasteiger partial charge in [-0.2, -0.15) is 0 Å². The summed E-state index contributed by atoms with van der Waals surface area (Å²) >= 11 is 8.46. The van der Waals surface area contributed by atoms with Crippen LogP contribution in [0.5, 0.6) is 5.75 Å². The van der Waals surface area contributed by atoms with Gasteiger partial charge in [-0.1, -0.05) is 12.1 Å². The summed E-state index contributed by atoms with van der Waals surface area (Å²) in [7, 11) is 1.70. The van der Waals surface area contributed by atoms with Gasteiger partial charge in [-0.3, -0.25) is 0 Å². The Morgan fingerprint density at radius 1 is 1.18 bits per heavy atom. The summed E-state index contributed by atoms with van der Waals surface area (Å²) in [6, 6.07) is 12.2. The number of ether oxygens (including phenoxy) is 1. The lowest BCUT2D eigenvalue weighted by Crippen LogP contribution is -1.84. The second-order valence-corrected chi connectivity index (χ2v) is 7.22. The molecule has 2 rings (SSSR count). The molecule has 0 aliphatic rings. The molecule has 0 aliphatic heterocycles. The summed E-state index contributed by atoms with van der Waals surface area (Å²) in [6.07, 6.45) is 2.03. The predicted molar refractivity (Wildman–Crippen MR) is 82.1 cm³/mol. The summed E-state index contributed by atoms with van der Waals surface area (Å²) in [5.41, 5.74) is 1.13. The third-order valence-electron chi connectivity index (χ3n) is 2.25. The van der Waals surface area contributed by atoms with Crippen LogP contribution in [-0.4, -0.2) is 7.11 Å². The second kappa shape index (κ2) is 5.85. The Morgan fingerprint density at radius 3 is 2.65 bits per heavy atom. The monoisotopic (exact) mass is 372 g/mol. The molecule has 88 valence electrons. The highest BCUT2D eigenvalue weighted by atomic mass is 79.9. The summed E-state index contributed by atoms with van der Waals surface area (Å²) in [5, 5.41) is 0. The second-order valence-electron chi connectivity index (χ2n) is 3.34. The number of rotatable bonds is 3. The van der Waals surface area contributed by atoms with Crippen LogP contribution >= 0.6 is 43.2 Å². The first kappa shape index (κ1) is 12.9. The molecule has 0 N–H and O–H groups in total. The lowest BCUT2D eigenvalue weighted by atomic mass is 10.1. The van der Waals surface area contributed by atoms with E-state index >= 15 is 0 Å². The third kappa shape index (κ3) is 3.21. The molecular weight excluding hydrogens is 364 g/mol. The standard InChI is InChI=1S/C13H10Br2OS/c1-16-11-5-3-2-4-10(11)12-7-6-9(17-12)8-13(14)15/h2-8H,1H3. The van der Waals surface area contributed by atoms with E-state index in [9.17, 15) is 0 Å². The van der Waals surface area contributed by atoms with E-state index in [-0.39, 0.29) is 0 Å². The van der Waals surface area contributed by atoms with Crippen molar-refractivity contribution >= 4 is 49.3 Å². The van der Waals surface area contributed by atoms with E-state index in [0.717, 1.165) is 14.7 Å². The normalized spacial score (nSPS) is 10.1. The Labute approximate surface area is 121 Å². The van der Waals surface area contributed by atoms with Crippen molar-refractivity contribution in [3.05, 3.63) is 44.7 Å². The quantitative estimate of drug-likeness (QED) is 0.688. The van der Waals surface area contributed by atoms with Crippen molar-refractivity contribution in [1.29, 1.82) is 0 Å². The van der Waals surface area contributed by atoms with Crippen molar-refractivity contribution in [3.63, 3.8) is 0 Å². The number of hydrogen-bond acceptors (Lipinski definition) is 2. The summed E-state index contributed by atoms with van der Waals surface area (Å²) < 4.78 is 6.31. The zero-order chi connectivity index (χ0) is 12.3. The van der Waals surface area contributed by atoms with Crippen LogP contribution in [0.2, 0.25) is 0 Å². The van der Waals surface area contributed by atoms with Gasteiger partial charge in [0, 0.05) is 15.3 Å². The molecule has 1 aromatic heterocycles. The van der Waals surface area contributed by atoms with Gasteiger partial charge in [-0.05, 0) is 62.2 Å². The minimum atomic E-state index is 0.905. The molecule has 0 radical (unpaired) electrons. The zero-order valence-electron chi connectivity index (χ0n) is 9.11. The van der Waals surface area contributed by atoms with Gasteiger partial charge in [0.15, 0.2) is 0 Å². The van der Waals surface area contributed by atoms with Crippen LogP contribution in [0.3, 0.4) is 0 Å². The molecule has 0 saturated carbocycles. The first-order valence-corrected chi connectivity index (χ1v) is 7.37. The van der Waals surface area contributed by atoms with Crippen molar-refractivity contribution in [2.24, 2.45) is 0 Å². The Hall–Kier alpha value is -0.580. The van der Waals surface area contributed by atoms with Gasteiger partial charge >= 0.3 is 0 Å². The molecule has 17 heavy (non-hydrogen) atoms. The minimum absolute atomic E-state index is 0.905. The van der Waals surface area contributed by atoms with Gasteiger partial charge in [0.1, 0.15) is 5.75 Å². The molecule has 0 saturated heterocycles. The number of hydrogen-bond donors (Lipinski definition) is 0. The SMILES string of the molecule is COc1ccccc1-c1ccc(C=C(Br)Br)s1. The highest BCUT2D eigenvalue weighted by Crippen LogP contribution is 2.35. The number of benzene rings is 1. The molecule has 0 spiro atoms. The largest absolute Gasteiger partial charge is 0.496 e. The molecular formula is C13H10Br2OS. The van der Waals surface area contributed by atoms with Crippen LogP contribution in [0.25, 0.3) is 16.5 Å². The van der Waals surface area contributed by atoms with Crippen LogP contribution in [-0.2, 0) is 0 Å². The van der Waals surface area contributed by atoms with Crippen molar-refractivity contribution in [1.82, 2.24) is 0 Å². The Balaban J connectivity index is 2.40. The fraction of sp³-hybridized carbons (Fsp3) is 0.0769. The maximum atomic E-state index is 5.36. The molecule has 0 amide bonds. The number of thiophene rings is 1. The predicted octanol–water partition coefficient (Wildman–Crippen LogP) is 5.51. The van der Waals surface area contributed by atoms with Crippen LogP contribution < -0.4 is 4.74 Å². The topological polar surface area (TPSA) is 9.23 Å². The van der Waals surface area contributed by atoms with Gasteiger partial charge in [-0.15, -0.1) is 11.3 Å². The zero-order valence-corrected chi connectivity index (χ0v) is 13.1. The maximum Gasteiger partial charge on any atom is 0.127 e. The van der Waals surface area contributed by atoms with Crippen molar-refractivity contribution in [2.75, 3.05) is 7.11 Å². The van der Waals surface area contributed by atoms with Crippen molar-refractivity contribution in [3.8, 4) is 16.2 Å². The van der Waals surface area contributed by atoms with E-state index < -0.39 is 0 Å². The molecule has 0 unspecified atom stereocenters. The average Bonchev–Trinajstić information content (AvgIpc) is 2.76. The minimum Gasteiger partial charge on any atom is -0.496 e. The molecule has 1 aromatic carbocycles. The number of para-hydroxylation sites is 1. The molecule has 2 aromatic rings. The highest BCUT2D eigenvalue weighted by Gasteiger charge is 2.07. The molecule has 0 aliphatic carbocycles. The summed E-state index contributed by atoms with van der Waals surface area (Å²) in [6.45, 7) is 0. The number of halogens is 2. The molecule has 1 heterocycles. The van der Waals surface area contributed by atoms with Gasteiger partial charge < -0.3 is 4.74 Å². The van der Waals surface area contributed by atoms with Crippen LogP contribution in [0.4, 0.5) is 0 Å². The third-order valence-corrected chi connectivity index (χ3v) is 3.77. The summed E-state index contributed by atoms with van der Waals surface area (Å²) in [4.78, 5) is 2.39. The molecule has 0 bridgehead atoms. The maximum absolute atomic E-state index is 5.36. The first-order chi connectivity index (χ1) is 8.20. The fourth-order valence-corrected chi connectivity index (χ4v) is 3.31. The van der Waals surface area contributed by atoms with Crippen LogP contribution in [0.15, 0.2) is 39.8 Å².